The summed E-state index contributed by atoms with van der Waals surface area (Å²) >= 11 is 5.31. The van der Waals surface area contributed by atoms with E-state index in [-0.39, 0.29) is 16.9 Å². The number of anilines is 1. The zero-order chi connectivity index (χ0) is 26.0. The van der Waals surface area contributed by atoms with Gasteiger partial charge in [-0.05, 0) is 85.6 Å². The van der Waals surface area contributed by atoms with Crippen LogP contribution in [-0.2, 0) is 0 Å². The monoisotopic (exact) mass is 517 g/mol. The lowest BCUT2D eigenvalue weighted by Gasteiger charge is -2.30. The van der Waals surface area contributed by atoms with Gasteiger partial charge in [0.05, 0.1) is 0 Å². The summed E-state index contributed by atoms with van der Waals surface area (Å²) < 4.78 is 11.3. The first kappa shape index (κ1) is 26.2. The van der Waals surface area contributed by atoms with Gasteiger partial charge < -0.3 is 19.7 Å². The number of carbonyl (C=O) groups excluding carboxylic acids is 2. The zero-order valence-corrected chi connectivity index (χ0v) is 21.6. The van der Waals surface area contributed by atoms with Crippen LogP contribution in [-0.4, -0.2) is 48.1 Å². The van der Waals surface area contributed by atoms with Crippen molar-refractivity contribution in [2.24, 2.45) is 5.92 Å². The molecule has 4 rings (SSSR count). The lowest BCUT2D eigenvalue weighted by molar-refractivity contribution is 0.0697. The summed E-state index contributed by atoms with van der Waals surface area (Å²) in [6, 6.07) is 23.5. The van der Waals surface area contributed by atoms with Crippen molar-refractivity contribution in [1.82, 2.24) is 10.2 Å². The van der Waals surface area contributed by atoms with Crippen molar-refractivity contribution in [3.63, 3.8) is 0 Å². The summed E-state index contributed by atoms with van der Waals surface area (Å²) in [5, 5.41) is 5.84. The molecule has 1 aliphatic heterocycles. The van der Waals surface area contributed by atoms with Gasteiger partial charge in [0.15, 0.2) is 5.11 Å². The molecule has 0 bridgehead atoms. The smallest absolute Gasteiger partial charge is 0.257 e. The fourth-order valence-corrected chi connectivity index (χ4v) is 4.20. The van der Waals surface area contributed by atoms with Crippen molar-refractivity contribution >= 4 is 34.8 Å². The Bertz CT molecular complexity index is 1210. The lowest BCUT2D eigenvalue weighted by atomic mass is 9.98. The minimum Gasteiger partial charge on any atom is -0.490 e. The number of ether oxygens (including phenoxy) is 2. The molecule has 192 valence electrons. The molecular formula is C29H31N3O4S. The molecule has 0 saturated carbocycles. The number of rotatable bonds is 8. The number of hydrogen-bond donors (Lipinski definition) is 2. The van der Waals surface area contributed by atoms with E-state index in [1.165, 1.54) is 0 Å². The molecule has 0 radical (unpaired) electrons. The number of para-hydroxylation sites is 1. The highest BCUT2D eigenvalue weighted by Crippen LogP contribution is 2.19. The SMILES string of the molecule is CC1CCN(C(=O)c2ccc(NC(=S)NC(=O)c3cccc(OCCOc4ccccc4)c3)cc2)CC1. The van der Waals surface area contributed by atoms with Crippen molar-refractivity contribution in [2.45, 2.75) is 19.8 Å². The summed E-state index contributed by atoms with van der Waals surface area (Å²) in [7, 11) is 0. The predicted octanol–water partition coefficient (Wildman–Crippen LogP) is 5.14. The molecule has 0 aromatic heterocycles. The molecule has 0 atom stereocenters. The Morgan fingerprint density at radius 2 is 1.51 bits per heavy atom. The molecule has 2 N–H and O–H groups in total. The van der Waals surface area contributed by atoms with Crippen molar-refractivity contribution in [3.8, 4) is 11.5 Å². The molecule has 1 fully saturated rings. The van der Waals surface area contributed by atoms with Gasteiger partial charge in [0, 0.05) is 29.9 Å². The Morgan fingerprint density at radius 1 is 0.865 bits per heavy atom. The molecule has 3 aromatic rings. The van der Waals surface area contributed by atoms with Gasteiger partial charge in [-0.15, -0.1) is 0 Å². The van der Waals surface area contributed by atoms with Crippen LogP contribution in [0.15, 0.2) is 78.9 Å². The number of thiocarbonyl (C=S) groups is 1. The van der Waals surface area contributed by atoms with E-state index in [9.17, 15) is 9.59 Å². The molecular weight excluding hydrogens is 486 g/mol. The van der Waals surface area contributed by atoms with Gasteiger partial charge in [0.2, 0.25) is 0 Å². The summed E-state index contributed by atoms with van der Waals surface area (Å²) in [6.45, 7) is 4.54. The maximum Gasteiger partial charge on any atom is 0.257 e. The van der Waals surface area contributed by atoms with Crippen LogP contribution in [0.25, 0.3) is 0 Å². The molecule has 3 aromatic carbocycles. The first-order valence-electron chi connectivity index (χ1n) is 12.4. The Kier molecular flexibility index (Phi) is 9.10. The Hall–Kier alpha value is -3.91. The second kappa shape index (κ2) is 12.9. The second-order valence-electron chi connectivity index (χ2n) is 9.00. The number of benzene rings is 3. The van der Waals surface area contributed by atoms with E-state index < -0.39 is 0 Å². The van der Waals surface area contributed by atoms with E-state index in [1.54, 1.807) is 48.5 Å². The van der Waals surface area contributed by atoms with Crippen LogP contribution in [0.3, 0.4) is 0 Å². The highest BCUT2D eigenvalue weighted by Gasteiger charge is 2.21. The lowest BCUT2D eigenvalue weighted by Crippen LogP contribution is -2.37. The third-order valence-electron chi connectivity index (χ3n) is 6.15. The Labute approximate surface area is 222 Å². The summed E-state index contributed by atoms with van der Waals surface area (Å²) in [6.07, 6.45) is 2.08. The topological polar surface area (TPSA) is 79.9 Å². The summed E-state index contributed by atoms with van der Waals surface area (Å²) in [5.74, 6) is 1.70. The average molecular weight is 518 g/mol. The summed E-state index contributed by atoms with van der Waals surface area (Å²) in [4.78, 5) is 27.3. The number of nitrogens with one attached hydrogen (secondary N) is 2. The van der Waals surface area contributed by atoms with Gasteiger partial charge in [-0.25, -0.2) is 0 Å². The Morgan fingerprint density at radius 3 is 2.22 bits per heavy atom. The van der Waals surface area contributed by atoms with Gasteiger partial charge in [-0.2, -0.15) is 0 Å². The quantitative estimate of drug-likeness (QED) is 0.318. The average Bonchev–Trinajstić information content (AvgIpc) is 2.92. The van der Waals surface area contributed by atoms with E-state index in [4.69, 9.17) is 21.7 Å². The van der Waals surface area contributed by atoms with Crippen LogP contribution in [0, 0.1) is 5.92 Å². The van der Waals surface area contributed by atoms with Crippen molar-refractivity contribution < 1.29 is 19.1 Å². The predicted molar refractivity (Wildman–Crippen MR) is 148 cm³/mol. The fraction of sp³-hybridized carbons (Fsp3) is 0.276. The molecule has 1 saturated heterocycles. The normalized spacial score (nSPS) is 13.5. The van der Waals surface area contributed by atoms with E-state index in [0.717, 1.165) is 31.7 Å². The third-order valence-corrected chi connectivity index (χ3v) is 6.35. The van der Waals surface area contributed by atoms with Gasteiger partial charge >= 0.3 is 0 Å². The first-order valence-corrected chi connectivity index (χ1v) is 12.8. The van der Waals surface area contributed by atoms with E-state index >= 15 is 0 Å². The standard InChI is InChI=1S/C29H31N3O4S/c1-21-14-16-32(17-15-21)28(34)22-10-12-24(13-11-22)30-29(37)31-27(33)23-6-5-9-26(20-23)36-19-18-35-25-7-3-2-4-8-25/h2-13,20-21H,14-19H2,1H3,(H2,30,31,33,37). The van der Waals surface area contributed by atoms with Gasteiger partial charge in [0.1, 0.15) is 24.7 Å². The van der Waals surface area contributed by atoms with Crippen LogP contribution in [0.4, 0.5) is 5.69 Å². The summed E-state index contributed by atoms with van der Waals surface area (Å²) in [5.41, 5.74) is 1.74. The number of likely N-dealkylation sites (tertiary alicyclic amines) is 1. The number of hydrogen-bond acceptors (Lipinski definition) is 5. The first-order chi connectivity index (χ1) is 18.0. The van der Waals surface area contributed by atoms with Crippen LogP contribution in [0.2, 0.25) is 0 Å². The number of carbonyl (C=O) groups is 2. The molecule has 1 aliphatic rings. The Balaban J connectivity index is 1.23. The van der Waals surface area contributed by atoms with Crippen molar-refractivity contribution in [2.75, 3.05) is 31.6 Å². The van der Waals surface area contributed by atoms with Crippen LogP contribution >= 0.6 is 12.2 Å². The second-order valence-corrected chi connectivity index (χ2v) is 9.41. The molecule has 0 spiro atoms. The van der Waals surface area contributed by atoms with Gasteiger partial charge in [-0.1, -0.05) is 31.2 Å². The van der Waals surface area contributed by atoms with Crippen molar-refractivity contribution in [3.05, 3.63) is 90.0 Å². The highest BCUT2D eigenvalue weighted by atomic mass is 32.1. The van der Waals surface area contributed by atoms with Crippen LogP contribution < -0.4 is 20.1 Å². The number of nitrogens with zero attached hydrogens (tertiary/aromatic N) is 1. The highest BCUT2D eigenvalue weighted by molar-refractivity contribution is 7.80. The maximum absolute atomic E-state index is 12.7. The molecule has 2 amide bonds. The molecule has 8 heteroatoms. The number of amides is 2. The maximum atomic E-state index is 12.7. The zero-order valence-electron chi connectivity index (χ0n) is 20.8. The van der Waals surface area contributed by atoms with Gasteiger partial charge in [-0.3, -0.25) is 14.9 Å². The number of piperidine rings is 1. The van der Waals surface area contributed by atoms with Crippen LogP contribution in [0.1, 0.15) is 40.5 Å². The molecule has 37 heavy (non-hydrogen) atoms. The molecule has 1 heterocycles. The van der Waals surface area contributed by atoms with Crippen LogP contribution in [0.5, 0.6) is 11.5 Å². The van der Waals surface area contributed by atoms with Crippen molar-refractivity contribution in [1.29, 1.82) is 0 Å². The molecule has 0 aliphatic carbocycles. The van der Waals surface area contributed by atoms with E-state index in [2.05, 4.69) is 17.6 Å². The molecule has 7 nitrogen and oxygen atoms in total. The molecule has 0 unspecified atom stereocenters. The van der Waals surface area contributed by atoms with Gasteiger partial charge in [0.25, 0.3) is 11.8 Å². The van der Waals surface area contributed by atoms with E-state index in [1.807, 2.05) is 35.2 Å². The minimum atomic E-state index is -0.352. The third kappa shape index (κ3) is 7.79. The largest absolute Gasteiger partial charge is 0.490 e. The minimum absolute atomic E-state index is 0.0445. The van der Waals surface area contributed by atoms with E-state index in [0.29, 0.717) is 41.7 Å². The fourth-order valence-electron chi connectivity index (χ4n) is 3.99.